The summed E-state index contributed by atoms with van der Waals surface area (Å²) in [7, 11) is 0. The maximum Gasteiger partial charge on any atom is 0.252 e. The standard InChI is InChI=1S/C12H12N2O2S/c15-11-4-3-9(8-14-11)12(16)13-6-5-10-2-1-7-17-10/h1-4,7-8H,5-6H2,(H,13,16)(H,14,15). The van der Waals surface area contributed by atoms with Crippen molar-refractivity contribution in [2.45, 2.75) is 6.42 Å². The third-order valence-electron chi connectivity index (χ3n) is 2.28. The van der Waals surface area contributed by atoms with Crippen molar-refractivity contribution < 1.29 is 4.79 Å². The van der Waals surface area contributed by atoms with Gasteiger partial charge in [0, 0.05) is 23.7 Å². The summed E-state index contributed by atoms with van der Waals surface area (Å²) in [6, 6.07) is 6.88. The van der Waals surface area contributed by atoms with Gasteiger partial charge < -0.3 is 10.3 Å². The first kappa shape index (κ1) is 11.6. The van der Waals surface area contributed by atoms with Crippen molar-refractivity contribution in [2.75, 3.05) is 6.54 Å². The number of pyridine rings is 1. The fourth-order valence-electron chi connectivity index (χ4n) is 1.41. The van der Waals surface area contributed by atoms with Gasteiger partial charge in [0.15, 0.2) is 0 Å². The molecule has 2 heterocycles. The van der Waals surface area contributed by atoms with Crippen LogP contribution in [0, 0.1) is 0 Å². The van der Waals surface area contributed by atoms with Crippen molar-refractivity contribution in [3.8, 4) is 0 Å². The minimum Gasteiger partial charge on any atom is -0.352 e. The number of amides is 1. The molecule has 0 atom stereocenters. The summed E-state index contributed by atoms with van der Waals surface area (Å²) in [6.07, 6.45) is 2.25. The Morgan fingerprint density at radius 2 is 2.24 bits per heavy atom. The van der Waals surface area contributed by atoms with Crippen LogP contribution in [0.3, 0.4) is 0 Å². The minimum absolute atomic E-state index is 0.169. The number of carbonyl (C=O) groups is 1. The second-order valence-corrected chi connectivity index (χ2v) is 4.56. The maximum atomic E-state index is 11.7. The van der Waals surface area contributed by atoms with E-state index in [1.807, 2.05) is 17.5 Å². The summed E-state index contributed by atoms with van der Waals surface area (Å²) in [5.74, 6) is -0.169. The molecule has 0 unspecified atom stereocenters. The first-order valence-electron chi connectivity index (χ1n) is 5.25. The van der Waals surface area contributed by atoms with Gasteiger partial charge >= 0.3 is 0 Å². The van der Waals surface area contributed by atoms with Gasteiger partial charge in [-0.2, -0.15) is 0 Å². The van der Waals surface area contributed by atoms with E-state index in [9.17, 15) is 9.59 Å². The van der Waals surface area contributed by atoms with Gasteiger partial charge in [-0.25, -0.2) is 0 Å². The number of rotatable bonds is 4. The molecule has 0 aromatic carbocycles. The van der Waals surface area contributed by atoms with E-state index < -0.39 is 0 Å². The van der Waals surface area contributed by atoms with Crippen molar-refractivity contribution in [1.82, 2.24) is 10.3 Å². The highest BCUT2D eigenvalue weighted by Gasteiger charge is 2.04. The number of H-pyrrole nitrogens is 1. The molecule has 88 valence electrons. The van der Waals surface area contributed by atoms with Crippen molar-refractivity contribution in [3.63, 3.8) is 0 Å². The maximum absolute atomic E-state index is 11.7. The molecular weight excluding hydrogens is 236 g/mol. The van der Waals surface area contributed by atoms with Crippen molar-refractivity contribution >= 4 is 17.2 Å². The van der Waals surface area contributed by atoms with Gasteiger partial charge in [-0.3, -0.25) is 9.59 Å². The molecule has 4 nitrogen and oxygen atoms in total. The summed E-state index contributed by atoms with van der Waals surface area (Å²) in [4.78, 5) is 26.2. The Morgan fingerprint density at radius 3 is 2.88 bits per heavy atom. The predicted octanol–water partition coefficient (Wildman–Crippen LogP) is 1.41. The second-order valence-electron chi connectivity index (χ2n) is 3.53. The molecule has 2 rings (SSSR count). The van der Waals surface area contributed by atoms with Crippen LogP contribution < -0.4 is 10.9 Å². The molecule has 5 heteroatoms. The number of hydrogen-bond donors (Lipinski definition) is 2. The molecule has 0 aliphatic rings. The van der Waals surface area contributed by atoms with Crippen LogP contribution in [0.25, 0.3) is 0 Å². The monoisotopic (exact) mass is 248 g/mol. The first-order chi connectivity index (χ1) is 8.25. The van der Waals surface area contributed by atoms with E-state index in [0.717, 1.165) is 6.42 Å². The molecule has 0 saturated heterocycles. The number of aromatic amines is 1. The van der Waals surface area contributed by atoms with Gasteiger partial charge in [-0.05, 0) is 23.9 Å². The summed E-state index contributed by atoms with van der Waals surface area (Å²) in [5.41, 5.74) is 0.260. The number of nitrogens with one attached hydrogen (secondary N) is 2. The first-order valence-corrected chi connectivity index (χ1v) is 6.13. The predicted molar refractivity (Wildman–Crippen MR) is 67.4 cm³/mol. The van der Waals surface area contributed by atoms with Crippen LogP contribution in [0.1, 0.15) is 15.2 Å². The normalized spacial score (nSPS) is 10.1. The topological polar surface area (TPSA) is 62.0 Å². The van der Waals surface area contributed by atoms with E-state index in [-0.39, 0.29) is 11.5 Å². The fraction of sp³-hybridized carbons (Fsp3) is 0.167. The largest absolute Gasteiger partial charge is 0.352 e. The van der Waals surface area contributed by atoms with Crippen molar-refractivity contribution in [1.29, 1.82) is 0 Å². The molecule has 2 N–H and O–H groups in total. The molecule has 0 aliphatic heterocycles. The third-order valence-corrected chi connectivity index (χ3v) is 3.22. The number of thiophene rings is 1. The fourth-order valence-corrected chi connectivity index (χ4v) is 2.12. The molecule has 17 heavy (non-hydrogen) atoms. The molecule has 0 fully saturated rings. The highest BCUT2D eigenvalue weighted by molar-refractivity contribution is 7.09. The summed E-state index contributed by atoms with van der Waals surface area (Å²) < 4.78 is 0. The van der Waals surface area contributed by atoms with Gasteiger partial charge in [0.1, 0.15) is 0 Å². The van der Waals surface area contributed by atoms with E-state index in [4.69, 9.17) is 0 Å². The lowest BCUT2D eigenvalue weighted by atomic mass is 10.2. The van der Waals surface area contributed by atoms with Crippen LogP contribution in [0.15, 0.2) is 40.6 Å². The van der Waals surface area contributed by atoms with Crippen LogP contribution in [-0.4, -0.2) is 17.4 Å². The molecule has 0 saturated carbocycles. The molecule has 0 spiro atoms. The lowest BCUT2D eigenvalue weighted by Gasteiger charge is -2.03. The summed E-state index contributed by atoms with van der Waals surface area (Å²) >= 11 is 1.67. The van der Waals surface area contributed by atoms with Crippen LogP contribution in [0.2, 0.25) is 0 Å². The molecule has 0 bridgehead atoms. The second kappa shape index (κ2) is 5.45. The SMILES string of the molecule is O=C(NCCc1cccs1)c1ccc(=O)[nH]c1. The lowest BCUT2D eigenvalue weighted by molar-refractivity contribution is 0.0954. The Labute approximate surface area is 102 Å². The van der Waals surface area contributed by atoms with Crippen molar-refractivity contribution in [3.05, 3.63) is 56.6 Å². The minimum atomic E-state index is -0.208. The Balaban J connectivity index is 1.85. The third kappa shape index (κ3) is 3.29. The van der Waals surface area contributed by atoms with Crippen LogP contribution in [-0.2, 0) is 6.42 Å². The van der Waals surface area contributed by atoms with E-state index in [2.05, 4.69) is 10.3 Å². The summed E-state index contributed by atoms with van der Waals surface area (Å²) in [5, 5.41) is 4.82. The van der Waals surface area contributed by atoms with E-state index in [0.29, 0.717) is 12.1 Å². The molecule has 1 amide bonds. The Kier molecular flexibility index (Phi) is 3.72. The highest BCUT2D eigenvalue weighted by Crippen LogP contribution is 2.08. The molecule has 0 radical (unpaired) electrons. The zero-order valence-corrected chi connectivity index (χ0v) is 9.92. The smallest absolute Gasteiger partial charge is 0.252 e. The number of hydrogen-bond acceptors (Lipinski definition) is 3. The average molecular weight is 248 g/mol. The Hall–Kier alpha value is -1.88. The van der Waals surface area contributed by atoms with Gasteiger partial charge in [-0.1, -0.05) is 6.07 Å². The zero-order chi connectivity index (χ0) is 12.1. The Morgan fingerprint density at radius 1 is 1.35 bits per heavy atom. The van der Waals surface area contributed by atoms with E-state index in [1.165, 1.54) is 23.2 Å². The number of carbonyl (C=O) groups excluding carboxylic acids is 1. The molecule has 0 aliphatic carbocycles. The zero-order valence-electron chi connectivity index (χ0n) is 9.10. The lowest BCUT2D eigenvalue weighted by Crippen LogP contribution is -2.26. The van der Waals surface area contributed by atoms with Crippen molar-refractivity contribution in [2.24, 2.45) is 0 Å². The van der Waals surface area contributed by atoms with Gasteiger partial charge in [-0.15, -0.1) is 11.3 Å². The van der Waals surface area contributed by atoms with Gasteiger partial charge in [0.25, 0.3) is 5.91 Å². The highest BCUT2D eigenvalue weighted by atomic mass is 32.1. The number of aromatic nitrogens is 1. The Bertz CT molecular complexity index is 525. The quantitative estimate of drug-likeness (QED) is 0.859. The van der Waals surface area contributed by atoms with Crippen LogP contribution >= 0.6 is 11.3 Å². The summed E-state index contributed by atoms with van der Waals surface area (Å²) in [6.45, 7) is 0.596. The van der Waals surface area contributed by atoms with Gasteiger partial charge in [0.2, 0.25) is 5.56 Å². The average Bonchev–Trinajstić information content (AvgIpc) is 2.83. The van der Waals surface area contributed by atoms with Gasteiger partial charge in [0.05, 0.1) is 5.56 Å². The van der Waals surface area contributed by atoms with Crippen LogP contribution in [0.5, 0.6) is 0 Å². The molecule has 2 aromatic heterocycles. The van der Waals surface area contributed by atoms with E-state index in [1.54, 1.807) is 11.3 Å². The molecule has 2 aromatic rings. The van der Waals surface area contributed by atoms with E-state index >= 15 is 0 Å². The molecular formula is C12H12N2O2S. The van der Waals surface area contributed by atoms with Crippen LogP contribution in [0.4, 0.5) is 0 Å².